The van der Waals surface area contributed by atoms with Crippen molar-refractivity contribution < 1.29 is 0 Å². The summed E-state index contributed by atoms with van der Waals surface area (Å²) in [6.07, 6.45) is 11.9. The van der Waals surface area contributed by atoms with Crippen LogP contribution in [0, 0.1) is 0 Å². The number of hydrogen-bond acceptors (Lipinski definition) is 0. The van der Waals surface area contributed by atoms with Crippen molar-refractivity contribution in [2.45, 2.75) is 77.5 Å². The van der Waals surface area contributed by atoms with Crippen molar-refractivity contribution in [3.8, 4) is 0 Å². The Labute approximate surface area is 85.9 Å². The van der Waals surface area contributed by atoms with Crippen LogP contribution in [-0.4, -0.2) is 7.85 Å². The molecule has 0 aromatic carbocycles. The van der Waals surface area contributed by atoms with Crippen molar-refractivity contribution in [3.63, 3.8) is 0 Å². The largest absolute Gasteiger partial charge is 0.0774 e. The minimum absolute atomic E-state index is 0.475. The fourth-order valence-corrected chi connectivity index (χ4v) is 1.63. The van der Waals surface area contributed by atoms with Gasteiger partial charge in [-0.3, -0.25) is 0 Å². The predicted molar refractivity (Wildman–Crippen MR) is 62.4 cm³/mol. The molecule has 1 atom stereocenters. The molecule has 0 nitrogen and oxygen atoms in total. The van der Waals surface area contributed by atoms with Crippen LogP contribution in [0.15, 0.2) is 0 Å². The topological polar surface area (TPSA) is 0 Å². The first-order chi connectivity index (χ1) is 6.31. The Morgan fingerprint density at radius 1 is 0.769 bits per heavy atom. The van der Waals surface area contributed by atoms with Gasteiger partial charge >= 0.3 is 0 Å². The minimum atomic E-state index is 0.475. The third-order valence-corrected chi connectivity index (χ3v) is 2.61. The Kier molecular flexibility index (Phi) is 10.2. The molecule has 0 saturated heterocycles. The number of unbranched alkanes of at least 4 members (excludes halogenated alkanes) is 5. The SMILES string of the molecule is [B]C(CCCCC)CCCCCC. The quantitative estimate of drug-likeness (QED) is 0.362. The third-order valence-electron chi connectivity index (χ3n) is 2.61. The van der Waals surface area contributed by atoms with Crippen molar-refractivity contribution in [3.05, 3.63) is 0 Å². The summed E-state index contributed by atoms with van der Waals surface area (Å²) in [5, 5.41) is 0. The van der Waals surface area contributed by atoms with E-state index in [9.17, 15) is 0 Å². The minimum Gasteiger partial charge on any atom is -0.0774 e. The normalized spacial score (nSPS) is 13.1. The van der Waals surface area contributed by atoms with Gasteiger partial charge in [-0.1, -0.05) is 77.5 Å². The van der Waals surface area contributed by atoms with Gasteiger partial charge in [0.05, 0.1) is 7.85 Å². The Balaban J connectivity index is 3.05. The van der Waals surface area contributed by atoms with E-state index in [0.29, 0.717) is 5.82 Å². The molecule has 1 unspecified atom stereocenters. The molecule has 0 rings (SSSR count). The summed E-state index contributed by atoms with van der Waals surface area (Å²) in [6, 6.07) is 0. The van der Waals surface area contributed by atoms with E-state index in [1.807, 2.05) is 0 Å². The van der Waals surface area contributed by atoms with Gasteiger partial charge in [-0.15, -0.1) is 0 Å². The predicted octanol–water partition coefficient (Wildman–Crippen LogP) is 4.49. The molecule has 0 aliphatic heterocycles. The lowest BCUT2D eigenvalue weighted by Gasteiger charge is -2.10. The van der Waals surface area contributed by atoms with Crippen LogP contribution >= 0.6 is 0 Å². The van der Waals surface area contributed by atoms with Crippen LogP contribution < -0.4 is 0 Å². The fourth-order valence-electron chi connectivity index (χ4n) is 1.63. The van der Waals surface area contributed by atoms with Crippen LogP contribution in [-0.2, 0) is 0 Å². The lowest BCUT2D eigenvalue weighted by Crippen LogP contribution is -1.93. The summed E-state index contributed by atoms with van der Waals surface area (Å²) >= 11 is 0. The van der Waals surface area contributed by atoms with E-state index >= 15 is 0 Å². The lowest BCUT2D eigenvalue weighted by atomic mass is 9.79. The Morgan fingerprint density at radius 3 is 1.77 bits per heavy atom. The molecule has 2 radical (unpaired) electrons. The number of rotatable bonds is 9. The summed E-state index contributed by atoms with van der Waals surface area (Å²) in [5.74, 6) is 0.475. The molecule has 76 valence electrons. The molecule has 0 heterocycles. The summed E-state index contributed by atoms with van der Waals surface area (Å²) in [7, 11) is 6.00. The van der Waals surface area contributed by atoms with Crippen LogP contribution in [0.3, 0.4) is 0 Å². The van der Waals surface area contributed by atoms with E-state index in [1.54, 1.807) is 0 Å². The molecule has 0 saturated carbocycles. The zero-order valence-corrected chi connectivity index (χ0v) is 9.52. The first kappa shape index (κ1) is 13.1. The molecule has 0 fully saturated rings. The summed E-state index contributed by atoms with van der Waals surface area (Å²) < 4.78 is 0. The molecule has 1 heteroatoms. The van der Waals surface area contributed by atoms with Gasteiger partial charge in [0.25, 0.3) is 0 Å². The first-order valence-electron chi connectivity index (χ1n) is 6.06. The fraction of sp³-hybridized carbons (Fsp3) is 1.00. The number of hydrogen-bond donors (Lipinski definition) is 0. The van der Waals surface area contributed by atoms with Crippen LogP contribution in [0.2, 0.25) is 5.82 Å². The maximum atomic E-state index is 6.00. The monoisotopic (exact) mass is 180 g/mol. The Bertz CT molecular complexity index is 91.1. The van der Waals surface area contributed by atoms with Gasteiger partial charge in [0.15, 0.2) is 0 Å². The van der Waals surface area contributed by atoms with Crippen LogP contribution in [0.25, 0.3) is 0 Å². The van der Waals surface area contributed by atoms with E-state index in [4.69, 9.17) is 7.85 Å². The van der Waals surface area contributed by atoms with Crippen molar-refractivity contribution in [2.75, 3.05) is 0 Å². The standard InChI is InChI=1S/C12H25B/c1-3-5-7-9-11-12(13)10-8-6-4-2/h12H,3-11H2,1-2H3. The van der Waals surface area contributed by atoms with Crippen molar-refractivity contribution in [2.24, 2.45) is 0 Å². The van der Waals surface area contributed by atoms with Crippen LogP contribution in [0.5, 0.6) is 0 Å². The summed E-state index contributed by atoms with van der Waals surface area (Å²) in [5.41, 5.74) is 0. The molecule has 0 bridgehead atoms. The molecule has 0 aromatic rings. The second-order valence-corrected chi connectivity index (χ2v) is 4.11. The average molecular weight is 180 g/mol. The van der Waals surface area contributed by atoms with Gasteiger partial charge in [0, 0.05) is 0 Å². The van der Waals surface area contributed by atoms with Crippen molar-refractivity contribution in [1.82, 2.24) is 0 Å². The highest BCUT2D eigenvalue weighted by atomic mass is 14.0. The molecule has 0 aliphatic rings. The van der Waals surface area contributed by atoms with Gasteiger partial charge in [-0.2, -0.15) is 0 Å². The highest BCUT2D eigenvalue weighted by molar-refractivity contribution is 6.11. The molecule has 0 aliphatic carbocycles. The highest BCUT2D eigenvalue weighted by Gasteiger charge is 2.00. The molecular formula is C12H25B. The first-order valence-corrected chi connectivity index (χ1v) is 6.06. The summed E-state index contributed by atoms with van der Waals surface area (Å²) in [6.45, 7) is 4.49. The maximum absolute atomic E-state index is 6.00. The highest BCUT2D eigenvalue weighted by Crippen LogP contribution is 2.19. The van der Waals surface area contributed by atoms with Crippen LogP contribution in [0.1, 0.15) is 71.6 Å². The van der Waals surface area contributed by atoms with E-state index in [1.165, 1.54) is 57.8 Å². The molecule has 0 spiro atoms. The Morgan fingerprint density at radius 2 is 1.23 bits per heavy atom. The van der Waals surface area contributed by atoms with E-state index in [0.717, 1.165) is 0 Å². The van der Waals surface area contributed by atoms with Gasteiger partial charge in [-0.05, 0) is 0 Å². The van der Waals surface area contributed by atoms with Gasteiger partial charge in [0.2, 0.25) is 0 Å². The Hall–Kier alpha value is 0.0649. The second kappa shape index (κ2) is 10.1. The molecule has 0 amide bonds. The third kappa shape index (κ3) is 9.98. The molecule has 0 N–H and O–H groups in total. The maximum Gasteiger partial charge on any atom is 0.0699 e. The lowest BCUT2D eigenvalue weighted by molar-refractivity contribution is 0.562. The second-order valence-electron chi connectivity index (χ2n) is 4.11. The van der Waals surface area contributed by atoms with E-state index in [-0.39, 0.29) is 0 Å². The van der Waals surface area contributed by atoms with Crippen LogP contribution in [0.4, 0.5) is 0 Å². The zero-order chi connectivity index (χ0) is 9.94. The molecule has 0 aromatic heterocycles. The smallest absolute Gasteiger partial charge is 0.0699 e. The average Bonchev–Trinajstić information content (AvgIpc) is 2.13. The van der Waals surface area contributed by atoms with E-state index < -0.39 is 0 Å². The van der Waals surface area contributed by atoms with E-state index in [2.05, 4.69) is 13.8 Å². The van der Waals surface area contributed by atoms with Gasteiger partial charge < -0.3 is 0 Å². The van der Waals surface area contributed by atoms with Gasteiger partial charge in [-0.25, -0.2) is 0 Å². The molecular weight excluding hydrogens is 155 g/mol. The summed E-state index contributed by atoms with van der Waals surface area (Å²) in [4.78, 5) is 0. The van der Waals surface area contributed by atoms with Gasteiger partial charge in [0.1, 0.15) is 0 Å². The zero-order valence-electron chi connectivity index (χ0n) is 9.52. The van der Waals surface area contributed by atoms with Crippen molar-refractivity contribution >= 4 is 7.85 Å². The molecule has 13 heavy (non-hydrogen) atoms. The van der Waals surface area contributed by atoms with Crippen molar-refractivity contribution in [1.29, 1.82) is 0 Å².